The maximum Gasteiger partial charge on any atom is 0.242 e. The highest BCUT2D eigenvalue weighted by molar-refractivity contribution is 7.89. The first-order valence-corrected chi connectivity index (χ1v) is 8.82. The Labute approximate surface area is 129 Å². The second-order valence-electron chi connectivity index (χ2n) is 7.02. The van der Waals surface area contributed by atoms with E-state index in [0.29, 0.717) is 17.5 Å². The molecule has 2 N–H and O–H groups in total. The molecule has 1 atom stereocenters. The highest BCUT2D eigenvalue weighted by atomic mass is 32.2. The SMILES string of the molecule is CC(C)NCc1cc(S(=O)(=O)NC(C)C(C)(C)C)cn1C. The van der Waals surface area contributed by atoms with Crippen molar-refractivity contribution in [1.29, 1.82) is 0 Å². The zero-order valence-electron chi connectivity index (χ0n) is 14.2. The van der Waals surface area contributed by atoms with E-state index >= 15 is 0 Å². The lowest BCUT2D eigenvalue weighted by atomic mass is 9.89. The molecular formula is C15H29N3O2S. The van der Waals surface area contributed by atoms with Crippen molar-refractivity contribution in [3.63, 3.8) is 0 Å². The minimum atomic E-state index is -3.48. The summed E-state index contributed by atoms with van der Waals surface area (Å²) in [5.41, 5.74) is 0.830. The number of sulfonamides is 1. The number of nitrogens with zero attached hydrogens (tertiary/aromatic N) is 1. The summed E-state index contributed by atoms with van der Waals surface area (Å²) >= 11 is 0. The Morgan fingerprint density at radius 2 is 1.81 bits per heavy atom. The summed E-state index contributed by atoms with van der Waals surface area (Å²) in [7, 11) is -1.62. The average Bonchev–Trinajstić information content (AvgIpc) is 2.67. The van der Waals surface area contributed by atoms with Gasteiger partial charge in [-0.15, -0.1) is 0 Å². The van der Waals surface area contributed by atoms with Gasteiger partial charge in [-0.25, -0.2) is 13.1 Å². The van der Waals surface area contributed by atoms with Gasteiger partial charge in [0.05, 0.1) is 4.90 Å². The van der Waals surface area contributed by atoms with Gasteiger partial charge in [0, 0.05) is 37.6 Å². The van der Waals surface area contributed by atoms with Gasteiger partial charge in [0.25, 0.3) is 0 Å². The van der Waals surface area contributed by atoms with Gasteiger partial charge < -0.3 is 9.88 Å². The molecule has 0 saturated heterocycles. The van der Waals surface area contributed by atoms with Crippen LogP contribution in [0.3, 0.4) is 0 Å². The van der Waals surface area contributed by atoms with Gasteiger partial charge in [-0.1, -0.05) is 34.6 Å². The van der Waals surface area contributed by atoms with Crippen LogP contribution < -0.4 is 10.0 Å². The van der Waals surface area contributed by atoms with Gasteiger partial charge in [0.1, 0.15) is 0 Å². The van der Waals surface area contributed by atoms with Gasteiger partial charge in [-0.3, -0.25) is 0 Å². The summed E-state index contributed by atoms with van der Waals surface area (Å²) in [6.07, 6.45) is 1.66. The number of hydrogen-bond acceptors (Lipinski definition) is 3. The Bertz CT molecular complexity index is 568. The minimum Gasteiger partial charge on any atom is -0.352 e. The summed E-state index contributed by atoms with van der Waals surface area (Å²) in [4.78, 5) is 0.321. The maximum atomic E-state index is 12.4. The van der Waals surface area contributed by atoms with Crippen molar-refractivity contribution >= 4 is 10.0 Å². The van der Waals surface area contributed by atoms with E-state index in [4.69, 9.17) is 0 Å². The van der Waals surface area contributed by atoms with E-state index in [1.165, 1.54) is 0 Å². The molecule has 0 aliphatic heterocycles. The van der Waals surface area contributed by atoms with Crippen molar-refractivity contribution in [2.45, 2.75) is 65.1 Å². The van der Waals surface area contributed by atoms with Crippen molar-refractivity contribution in [3.05, 3.63) is 18.0 Å². The molecule has 1 aromatic rings. The molecule has 0 saturated carbocycles. The number of rotatable bonds is 6. The molecular weight excluding hydrogens is 286 g/mol. The summed E-state index contributed by atoms with van der Waals surface area (Å²) in [5.74, 6) is 0. The quantitative estimate of drug-likeness (QED) is 0.846. The second kappa shape index (κ2) is 6.50. The lowest BCUT2D eigenvalue weighted by molar-refractivity contribution is 0.317. The topological polar surface area (TPSA) is 63.1 Å². The number of aryl methyl sites for hydroxylation is 1. The zero-order chi connectivity index (χ0) is 16.4. The molecule has 0 bridgehead atoms. The molecule has 5 nitrogen and oxygen atoms in total. The standard InChI is InChI=1S/C15H29N3O2S/c1-11(2)16-9-13-8-14(10-18(13)7)21(19,20)17-12(3)15(4,5)6/h8,10-12,16-17H,9H2,1-7H3. The van der Waals surface area contributed by atoms with Gasteiger partial charge in [-0.2, -0.15) is 0 Å². The van der Waals surface area contributed by atoms with E-state index in [0.717, 1.165) is 5.69 Å². The lowest BCUT2D eigenvalue weighted by Gasteiger charge is -2.27. The first kappa shape index (κ1) is 18.2. The van der Waals surface area contributed by atoms with E-state index in [1.807, 2.05) is 39.3 Å². The third-order valence-electron chi connectivity index (χ3n) is 3.72. The lowest BCUT2D eigenvalue weighted by Crippen LogP contribution is -2.41. The molecule has 0 aliphatic carbocycles. The van der Waals surface area contributed by atoms with Gasteiger partial charge in [0.15, 0.2) is 0 Å². The van der Waals surface area contributed by atoms with Crippen molar-refractivity contribution in [3.8, 4) is 0 Å². The third-order valence-corrected chi connectivity index (χ3v) is 5.22. The van der Waals surface area contributed by atoms with Crippen LogP contribution in [0.25, 0.3) is 0 Å². The largest absolute Gasteiger partial charge is 0.352 e. The number of aromatic nitrogens is 1. The molecule has 0 radical (unpaired) electrons. The maximum absolute atomic E-state index is 12.4. The van der Waals surface area contributed by atoms with Crippen LogP contribution in [0.4, 0.5) is 0 Å². The smallest absolute Gasteiger partial charge is 0.242 e. The molecule has 122 valence electrons. The molecule has 0 fully saturated rings. The molecule has 0 aliphatic rings. The van der Waals surface area contributed by atoms with E-state index in [9.17, 15) is 8.42 Å². The first-order valence-electron chi connectivity index (χ1n) is 7.34. The van der Waals surface area contributed by atoms with Crippen molar-refractivity contribution < 1.29 is 8.42 Å². The van der Waals surface area contributed by atoms with E-state index < -0.39 is 10.0 Å². The highest BCUT2D eigenvalue weighted by Crippen LogP contribution is 2.21. The molecule has 1 unspecified atom stereocenters. The van der Waals surface area contributed by atoms with Crippen molar-refractivity contribution in [1.82, 2.24) is 14.6 Å². The van der Waals surface area contributed by atoms with Crippen LogP contribution in [-0.2, 0) is 23.6 Å². The predicted octanol–water partition coefficient (Wildman–Crippen LogP) is 2.24. The molecule has 1 heterocycles. The van der Waals surface area contributed by atoms with Crippen LogP contribution in [0.15, 0.2) is 17.2 Å². The van der Waals surface area contributed by atoms with Crippen LogP contribution in [0.1, 0.15) is 47.2 Å². The van der Waals surface area contributed by atoms with E-state index in [1.54, 1.807) is 12.3 Å². The van der Waals surface area contributed by atoms with Crippen LogP contribution >= 0.6 is 0 Å². The Morgan fingerprint density at radius 3 is 2.29 bits per heavy atom. The molecule has 0 spiro atoms. The van der Waals surface area contributed by atoms with Crippen LogP contribution in [0.5, 0.6) is 0 Å². The molecule has 1 rings (SSSR count). The minimum absolute atomic E-state index is 0.121. The fraction of sp³-hybridized carbons (Fsp3) is 0.733. The Hall–Kier alpha value is -0.850. The average molecular weight is 315 g/mol. The highest BCUT2D eigenvalue weighted by Gasteiger charge is 2.26. The van der Waals surface area contributed by atoms with Crippen LogP contribution in [-0.4, -0.2) is 25.1 Å². The number of nitrogens with one attached hydrogen (secondary N) is 2. The fourth-order valence-corrected chi connectivity index (χ4v) is 3.23. The predicted molar refractivity (Wildman–Crippen MR) is 86.6 cm³/mol. The first-order chi connectivity index (χ1) is 9.43. The van der Waals surface area contributed by atoms with Crippen molar-refractivity contribution in [2.75, 3.05) is 0 Å². The summed E-state index contributed by atoms with van der Waals surface area (Å²) in [6, 6.07) is 1.95. The number of hydrogen-bond donors (Lipinski definition) is 2. The Balaban J connectivity index is 2.92. The molecule has 0 aromatic carbocycles. The van der Waals surface area contributed by atoms with Gasteiger partial charge >= 0.3 is 0 Å². The molecule has 6 heteroatoms. The van der Waals surface area contributed by atoms with Crippen LogP contribution in [0, 0.1) is 5.41 Å². The Kier molecular flexibility index (Phi) is 5.63. The molecule has 21 heavy (non-hydrogen) atoms. The van der Waals surface area contributed by atoms with Crippen molar-refractivity contribution in [2.24, 2.45) is 12.5 Å². The third kappa shape index (κ3) is 5.13. The summed E-state index contributed by atoms with van der Waals surface area (Å²) in [6.45, 7) is 12.7. The summed E-state index contributed by atoms with van der Waals surface area (Å²) in [5, 5.41) is 3.30. The normalized spacial score (nSPS) is 14.7. The second-order valence-corrected chi connectivity index (χ2v) is 8.74. The monoisotopic (exact) mass is 315 g/mol. The van der Waals surface area contributed by atoms with Crippen LogP contribution in [0.2, 0.25) is 0 Å². The fourth-order valence-electron chi connectivity index (χ4n) is 1.69. The van der Waals surface area contributed by atoms with Gasteiger partial charge in [0.2, 0.25) is 10.0 Å². The summed E-state index contributed by atoms with van der Waals surface area (Å²) < 4.78 is 29.5. The molecule has 1 aromatic heterocycles. The molecule has 0 amide bonds. The zero-order valence-corrected chi connectivity index (χ0v) is 15.0. The van der Waals surface area contributed by atoms with E-state index in [-0.39, 0.29) is 11.5 Å². The van der Waals surface area contributed by atoms with E-state index in [2.05, 4.69) is 23.9 Å². The Morgan fingerprint density at radius 1 is 1.24 bits per heavy atom. The van der Waals surface area contributed by atoms with Gasteiger partial charge in [-0.05, 0) is 18.4 Å².